The standard InChI is InChI=1S/C33H37N7O2/c1-6-7-18-40-30-23(11-9-15-37-30)27(28-21(2)10-8-14-36-28)29(31(40)41)39-32(42)38-25-19-22(20-26-34-16-17-35-26)12-13-24(25)33(3,4)5/h8-17,19H,6-7,18,20H2,1-5H3,(H,34,35)(H2,38,39,42). The van der Waals surface area contributed by atoms with E-state index in [0.717, 1.165) is 40.7 Å². The Morgan fingerprint density at radius 3 is 2.50 bits per heavy atom. The second-order valence-electron chi connectivity index (χ2n) is 11.5. The molecule has 0 fully saturated rings. The summed E-state index contributed by atoms with van der Waals surface area (Å²) >= 11 is 0. The molecule has 2 amide bonds. The molecule has 9 nitrogen and oxygen atoms in total. The molecule has 1 aromatic carbocycles. The topological polar surface area (TPSA) is 118 Å². The van der Waals surface area contributed by atoms with Crippen molar-refractivity contribution in [3.63, 3.8) is 0 Å². The number of unbranched alkanes of at least 4 members (excludes halogenated alkanes) is 1. The van der Waals surface area contributed by atoms with Crippen LogP contribution >= 0.6 is 0 Å². The van der Waals surface area contributed by atoms with Gasteiger partial charge in [-0.25, -0.2) is 14.8 Å². The fraction of sp³-hybridized carbons (Fsp3) is 0.303. The second kappa shape index (κ2) is 12.0. The number of hydrogen-bond acceptors (Lipinski definition) is 5. The highest BCUT2D eigenvalue weighted by atomic mass is 16.2. The summed E-state index contributed by atoms with van der Waals surface area (Å²) < 4.78 is 1.65. The molecule has 0 aliphatic heterocycles. The number of benzene rings is 1. The molecule has 0 spiro atoms. The summed E-state index contributed by atoms with van der Waals surface area (Å²) in [6.07, 6.45) is 9.19. The summed E-state index contributed by atoms with van der Waals surface area (Å²) in [5, 5.41) is 6.74. The molecule has 0 aliphatic carbocycles. The maximum absolute atomic E-state index is 14.1. The van der Waals surface area contributed by atoms with E-state index in [2.05, 4.69) is 64.3 Å². The van der Waals surface area contributed by atoms with Crippen LogP contribution in [-0.2, 0) is 18.4 Å². The van der Waals surface area contributed by atoms with E-state index in [4.69, 9.17) is 0 Å². The molecule has 216 valence electrons. The van der Waals surface area contributed by atoms with Crippen LogP contribution in [0.4, 0.5) is 16.2 Å². The normalized spacial score (nSPS) is 11.5. The molecule has 0 saturated carbocycles. The number of pyridine rings is 3. The Balaban J connectivity index is 1.60. The van der Waals surface area contributed by atoms with Crippen LogP contribution in [-0.4, -0.2) is 30.5 Å². The SMILES string of the molecule is CCCCn1c(=O)c(NC(=O)Nc2cc(Cc3ncc[nH]3)ccc2C(C)(C)C)c(-c2ncccc2C)c2cccnc21. The molecule has 9 heteroatoms. The van der Waals surface area contributed by atoms with Crippen molar-refractivity contribution in [1.29, 1.82) is 0 Å². The Bertz CT molecular complexity index is 1780. The number of amides is 2. The van der Waals surface area contributed by atoms with Gasteiger partial charge in [0.05, 0.1) is 5.69 Å². The highest BCUT2D eigenvalue weighted by molar-refractivity contribution is 6.07. The lowest BCUT2D eigenvalue weighted by Crippen LogP contribution is -2.30. The number of imidazole rings is 1. The predicted molar refractivity (Wildman–Crippen MR) is 168 cm³/mol. The molecule has 0 aliphatic rings. The van der Waals surface area contributed by atoms with Crippen molar-refractivity contribution < 1.29 is 4.79 Å². The molecule has 5 rings (SSSR count). The molecule has 0 bridgehead atoms. The van der Waals surface area contributed by atoms with Crippen LogP contribution in [0.15, 0.2) is 72.0 Å². The van der Waals surface area contributed by atoms with E-state index in [-0.39, 0.29) is 16.7 Å². The minimum atomic E-state index is -0.507. The monoisotopic (exact) mass is 563 g/mol. The largest absolute Gasteiger partial charge is 0.348 e. The molecule has 0 saturated heterocycles. The zero-order valence-corrected chi connectivity index (χ0v) is 24.8. The number of fused-ring (bicyclic) bond motifs is 1. The number of carbonyl (C=O) groups is 1. The third-order valence-corrected chi connectivity index (χ3v) is 7.31. The van der Waals surface area contributed by atoms with Gasteiger partial charge in [0.2, 0.25) is 0 Å². The van der Waals surface area contributed by atoms with Gasteiger partial charge in [-0.1, -0.05) is 52.3 Å². The van der Waals surface area contributed by atoms with E-state index in [0.29, 0.717) is 35.6 Å². The maximum Gasteiger partial charge on any atom is 0.323 e. The molecule has 0 radical (unpaired) electrons. The first kappa shape index (κ1) is 28.7. The number of nitrogens with zero attached hydrogens (tertiary/aromatic N) is 4. The van der Waals surface area contributed by atoms with Gasteiger partial charge in [0.25, 0.3) is 5.56 Å². The highest BCUT2D eigenvalue weighted by Gasteiger charge is 2.24. The summed E-state index contributed by atoms with van der Waals surface area (Å²) in [4.78, 5) is 44.5. The zero-order chi connectivity index (χ0) is 29.9. The van der Waals surface area contributed by atoms with Gasteiger partial charge in [-0.05, 0) is 59.7 Å². The molecule has 5 aromatic rings. The Kier molecular flexibility index (Phi) is 8.20. The molecule has 4 heterocycles. The van der Waals surface area contributed by atoms with Gasteiger partial charge in [-0.15, -0.1) is 0 Å². The lowest BCUT2D eigenvalue weighted by atomic mass is 9.85. The zero-order valence-electron chi connectivity index (χ0n) is 24.8. The Morgan fingerprint density at radius 2 is 1.79 bits per heavy atom. The number of aromatic nitrogens is 5. The Morgan fingerprint density at radius 1 is 1.00 bits per heavy atom. The fourth-order valence-electron chi connectivity index (χ4n) is 5.23. The highest BCUT2D eigenvalue weighted by Crippen LogP contribution is 2.34. The number of anilines is 2. The molecule has 3 N–H and O–H groups in total. The van der Waals surface area contributed by atoms with E-state index >= 15 is 0 Å². The molecule has 0 atom stereocenters. The molecule has 4 aromatic heterocycles. The van der Waals surface area contributed by atoms with Crippen molar-refractivity contribution in [1.82, 2.24) is 24.5 Å². The summed E-state index contributed by atoms with van der Waals surface area (Å²) in [5.41, 5.74) is 4.93. The number of aryl methyl sites for hydroxylation is 2. The predicted octanol–water partition coefficient (Wildman–Crippen LogP) is 6.82. The smallest absolute Gasteiger partial charge is 0.323 e. The first-order chi connectivity index (χ1) is 20.2. The number of H-pyrrole nitrogens is 1. The summed E-state index contributed by atoms with van der Waals surface area (Å²) in [6, 6.07) is 13.1. The van der Waals surface area contributed by atoms with Crippen molar-refractivity contribution >= 4 is 28.4 Å². The van der Waals surface area contributed by atoms with Gasteiger partial charge in [0.1, 0.15) is 17.2 Å². The summed E-state index contributed by atoms with van der Waals surface area (Å²) in [5.74, 6) is 0.835. The van der Waals surface area contributed by atoms with Crippen molar-refractivity contribution in [3.05, 3.63) is 100 Å². The van der Waals surface area contributed by atoms with Crippen LogP contribution in [0.2, 0.25) is 0 Å². The van der Waals surface area contributed by atoms with Crippen LogP contribution in [0.1, 0.15) is 63.1 Å². The minimum absolute atomic E-state index is 0.176. The van der Waals surface area contributed by atoms with E-state index in [9.17, 15) is 9.59 Å². The van der Waals surface area contributed by atoms with Gasteiger partial charge >= 0.3 is 6.03 Å². The van der Waals surface area contributed by atoms with Crippen molar-refractivity contribution in [2.45, 2.75) is 65.8 Å². The first-order valence-corrected chi connectivity index (χ1v) is 14.3. The molecular weight excluding hydrogens is 526 g/mol. The Labute approximate surface area is 245 Å². The van der Waals surface area contributed by atoms with E-state index < -0.39 is 6.03 Å². The van der Waals surface area contributed by atoms with Gasteiger partial charge in [-0.3, -0.25) is 14.3 Å². The maximum atomic E-state index is 14.1. The molecular formula is C33H37N7O2. The van der Waals surface area contributed by atoms with Gasteiger partial charge < -0.3 is 15.6 Å². The lowest BCUT2D eigenvalue weighted by molar-refractivity contribution is 0.262. The minimum Gasteiger partial charge on any atom is -0.348 e. The van der Waals surface area contributed by atoms with Gasteiger partial charge in [-0.2, -0.15) is 0 Å². The quantitative estimate of drug-likeness (QED) is 0.191. The lowest BCUT2D eigenvalue weighted by Gasteiger charge is -2.24. The number of nitrogens with one attached hydrogen (secondary N) is 3. The first-order valence-electron chi connectivity index (χ1n) is 14.3. The van der Waals surface area contributed by atoms with Crippen molar-refractivity contribution in [2.24, 2.45) is 0 Å². The number of carbonyl (C=O) groups excluding carboxylic acids is 1. The van der Waals surface area contributed by atoms with E-state index in [1.165, 1.54) is 0 Å². The van der Waals surface area contributed by atoms with Crippen LogP contribution in [0.5, 0.6) is 0 Å². The van der Waals surface area contributed by atoms with Crippen LogP contribution < -0.4 is 16.2 Å². The Hall–Kier alpha value is -4.79. The van der Waals surface area contributed by atoms with Gasteiger partial charge in [0.15, 0.2) is 0 Å². The van der Waals surface area contributed by atoms with Crippen LogP contribution in [0, 0.1) is 6.92 Å². The fourth-order valence-corrected chi connectivity index (χ4v) is 5.23. The number of rotatable bonds is 8. The van der Waals surface area contributed by atoms with Crippen molar-refractivity contribution in [2.75, 3.05) is 10.6 Å². The van der Waals surface area contributed by atoms with E-state index in [1.807, 2.05) is 43.3 Å². The van der Waals surface area contributed by atoms with Crippen LogP contribution in [0.3, 0.4) is 0 Å². The average molecular weight is 564 g/mol. The number of aromatic amines is 1. The summed E-state index contributed by atoms with van der Waals surface area (Å²) in [7, 11) is 0. The third-order valence-electron chi connectivity index (χ3n) is 7.31. The van der Waals surface area contributed by atoms with Crippen LogP contribution in [0.25, 0.3) is 22.3 Å². The van der Waals surface area contributed by atoms with Gasteiger partial charge in [0, 0.05) is 54.4 Å². The molecule has 0 unspecified atom stereocenters. The summed E-state index contributed by atoms with van der Waals surface area (Å²) in [6.45, 7) is 10.8. The third kappa shape index (κ3) is 5.95. The number of hydrogen-bond donors (Lipinski definition) is 3. The molecule has 42 heavy (non-hydrogen) atoms. The van der Waals surface area contributed by atoms with Crippen molar-refractivity contribution in [3.8, 4) is 11.3 Å². The second-order valence-corrected chi connectivity index (χ2v) is 11.5. The average Bonchev–Trinajstić information content (AvgIpc) is 3.46. The van der Waals surface area contributed by atoms with E-state index in [1.54, 1.807) is 29.4 Å². The number of urea groups is 1.